The van der Waals surface area contributed by atoms with Crippen molar-refractivity contribution in [3.05, 3.63) is 122 Å². The van der Waals surface area contributed by atoms with Gasteiger partial charge in [0.25, 0.3) is 5.91 Å². The molecule has 0 spiro atoms. The number of rotatable bonds is 11. The first-order chi connectivity index (χ1) is 20.3. The molecule has 0 saturated carbocycles. The Balaban J connectivity index is 1.46. The van der Waals surface area contributed by atoms with Crippen molar-refractivity contribution in [1.82, 2.24) is 0 Å². The van der Waals surface area contributed by atoms with Gasteiger partial charge in [0.2, 0.25) is 0 Å². The van der Waals surface area contributed by atoms with Crippen LogP contribution in [0.5, 0.6) is 17.2 Å². The fourth-order valence-electron chi connectivity index (χ4n) is 4.11. The minimum atomic E-state index is -0.528. The second kappa shape index (κ2) is 14.5. The lowest BCUT2D eigenvalue weighted by molar-refractivity contribution is -0.112. The number of halogens is 2. The molecule has 6 nitrogen and oxygen atoms in total. The van der Waals surface area contributed by atoms with Gasteiger partial charge in [0, 0.05) is 5.69 Å². The Bertz CT molecular complexity index is 1620. The summed E-state index contributed by atoms with van der Waals surface area (Å²) in [6, 6.07) is 26.2. The minimum absolute atomic E-state index is 0.0882. The average Bonchev–Trinajstić information content (AvgIpc) is 2.98. The van der Waals surface area contributed by atoms with E-state index in [2.05, 4.69) is 5.32 Å². The summed E-state index contributed by atoms with van der Waals surface area (Å²) in [5.41, 5.74) is 4.89. The number of benzene rings is 4. The number of carbonyl (C=O) groups is 1. The maximum Gasteiger partial charge on any atom is 0.266 e. The van der Waals surface area contributed by atoms with Crippen molar-refractivity contribution in [2.45, 2.75) is 34.0 Å². The van der Waals surface area contributed by atoms with E-state index in [0.29, 0.717) is 36.0 Å². The first-order valence-corrected chi connectivity index (χ1v) is 14.1. The van der Waals surface area contributed by atoms with Crippen LogP contribution < -0.4 is 19.5 Å². The molecule has 4 rings (SSSR count). The number of nitrogens with one attached hydrogen (secondary N) is 1. The Morgan fingerprint density at radius 2 is 1.57 bits per heavy atom. The first kappa shape index (κ1) is 30.5. The van der Waals surface area contributed by atoms with Crippen LogP contribution in [0.4, 0.5) is 5.69 Å². The number of amides is 1. The van der Waals surface area contributed by atoms with Crippen LogP contribution >= 0.6 is 23.2 Å². The predicted octanol–water partition coefficient (Wildman–Crippen LogP) is 8.71. The van der Waals surface area contributed by atoms with Crippen LogP contribution in [0, 0.1) is 25.2 Å². The monoisotopic (exact) mass is 600 g/mol. The quantitative estimate of drug-likeness (QED) is 0.137. The van der Waals surface area contributed by atoms with Gasteiger partial charge in [0.15, 0.2) is 17.2 Å². The van der Waals surface area contributed by atoms with Crippen LogP contribution in [0.25, 0.3) is 6.08 Å². The minimum Gasteiger partial charge on any atom is -0.490 e. The summed E-state index contributed by atoms with van der Waals surface area (Å²) < 4.78 is 17.7. The van der Waals surface area contributed by atoms with Crippen LogP contribution in [0.3, 0.4) is 0 Å². The average molecular weight is 602 g/mol. The van der Waals surface area contributed by atoms with Gasteiger partial charge in [-0.15, -0.1) is 0 Å². The van der Waals surface area contributed by atoms with Crippen molar-refractivity contribution in [1.29, 1.82) is 5.26 Å². The summed E-state index contributed by atoms with van der Waals surface area (Å²) in [5, 5.41) is 12.9. The zero-order chi connectivity index (χ0) is 30.1. The highest BCUT2D eigenvalue weighted by atomic mass is 35.5. The molecule has 0 radical (unpaired) electrons. The molecule has 42 heavy (non-hydrogen) atoms. The Hall–Kier alpha value is -4.44. The SMILES string of the molecule is CCOc1cc(COc2c(Cl)cc(/C=C(/C#N)C(=O)Nc3cccc(C)c3C)cc2Cl)ccc1OCc1ccccc1. The van der Waals surface area contributed by atoms with E-state index >= 15 is 0 Å². The molecular formula is C34H30Cl2N2O4. The third-order valence-corrected chi connectivity index (χ3v) is 7.04. The summed E-state index contributed by atoms with van der Waals surface area (Å²) in [5.74, 6) is 0.998. The number of anilines is 1. The van der Waals surface area contributed by atoms with Gasteiger partial charge in [-0.2, -0.15) is 5.26 Å². The molecule has 1 amide bonds. The first-order valence-electron chi connectivity index (χ1n) is 13.3. The third kappa shape index (κ3) is 7.85. The van der Waals surface area contributed by atoms with Gasteiger partial charge in [-0.05, 0) is 85.0 Å². The molecule has 0 bridgehead atoms. The molecular weight excluding hydrogens is 571 g/mol. The molecule has 0 aliphatic carbocycles. The topological polar surface area (TPSA) is 80.6 Å². The van der Waals surface area contributed by atoms with Crippen molar-refractivity contribution in [2.75, 3.05) is 11.9 Å². The largest absolute Gasteiger partial charge is 0.490 e. The third-order valence-electron chi connectivity index (χ3n) is 6.48. The van der Waals surface area contributed by atoms with Gasteiger partial charge in [0.1, 0.15) is 24.9 Å². The highest BCUT2D eigenvalue weighted by Crippen LogP contribution is 2.36. The lowest BCUT2D eigenvalue weighted by Gasteiger charge is -2.15. The summed E-state index contributed by atoms with van der Waals surface area (Å²) in [6.45, 7) is 6.84. The van der Waals surface area contributed by atoms with Crippen LogP contribution in [0.15, 0.2) is 84.4 Å². The molecule has 0 fully saturated rings. The van der Waals surface area contributed by atoms with Crippen molar-refractivity contribution in [2.24, 2.45) is 0 Å². The van der Waals surface area contributed by atoms with Gasteiger partial charge >= 0.3 is 0 Å². The summed E-state index contributed by atoms with van der Waals surface area (Å²) in [4.78, 5) is 12.8. The van der Waals surface area contributed by atoms with Gasteiger partial charge in [-0.25, -0.2) is 0 Å². The van der Waals surface area contributed by atoms with Gasteiger partial charge in [0.05, 0.1) is 16.7 Å². The zero-order valence-electron chi connectivity index (χ0n) is 23.5. The van der Waals surface area contributed by atoms with E-state index in [1.54, 1.807) is 18.2 Å². The van der Waals surface area contributed by atoms with Gasteiger partial charge in [-0.3, -0.25) is 4.79 Å². The molecule has 0 heterocycles. The number of nitrogens with zero attached hydrogens (tertiary/aromatic N) is 1. The molecule has 0 aliphatic heterocycles. The molecule has 0 saturated heterocycles. The van der Waals surface area contributed by atoms with E-state index in [4.69, 9.17) is 37.4 Å². The van der Waals surface area contributed by atoms with Crippen molar-refractivity contribution < 1.29 is 19.0 Å². The van der Waals surface area contributed by atoms with Crippen molar-refractivity contribution in [3.63, 3.8) is 0 Å². The van der Waals surface area contributed by atoms with E-state index in [1.165, 1.54) is 6.08 Å². The van der Waals surface area contributed by atoms with Crippen molar-refractivity contribution in [3.8, 4) is 23.3 Å². The summed E-state index contributed by atoms with van der Waals surface area (Å²) in [7, 11) is 0. The lowest BCUT2D eigenvalue weighted by atomic mass is 10.1. The lowest BCUT2D eigenvalue weighted by Crippen LogP contribution is -2.14. The highest BCUT2D eigenvalue weighted by molar-refractivity contribution is 6.37. The maximum absolute atomic E-state index is 12.8. The smallest absolute Gasteiger partial charge is 0.266 e. The van der Waals surface area contributed by atoms with Gasteiger partial charge < -0.3 is 19.5 Å². The normalized spacial score (nSPS) is 11.0. The Morgan fingerprint density at radius 1 is 0.857 bits per heavy atom. The Kier molecular flexibility index (Phi) is 10.5. The molecule has 4 aromatic carbocycles. The summed E-state index contributed by atoms with van der Waals surface area (Å²) in [6.07, 6.45) is 1.44. The zero-order valence-corrected chi connectivity index (χ0v) is 25.1. The molecule has 8 heteroatoms. The van der Waals surface area contributed by atoms with Crippen molar-refractivity contribution >= 4 is 40.9 Å². The predicted molar refractivity (Wildman–Crippen MR) is 167 cm³/mol. The number of carbonyl (C=O) groups excluding carboxylic acids is 1. The Labute approximate surface area is 256 Å². The van der Waals surface area contributed by atoms with E-state index in [-0.39, 0.29) is 28.0 Å². The number of nitriles is 1. The molecule has 0 aliphatic rings. The van der Waals surface area contributed by atoms with E-state index in [9.17, 15) is 10.1 Å². The van der Waals surface area contributed by atoms with Crippen LogP contribution in [-0.2, 0) is 18.0 Å². The fourth-order valence-corrected chi connectivity index (χ4v) is 4.73. The highest BCUT2D eigenvalue weighted by Gasteiger charge is 2.15. The molecule has 0 atom stereocenters. The molecule has 4 aromatic rings. The number of ether oxygens (including phenoxy) is 3. The van der Waals surface area contributed by atoms with E-state index in [1.807, 2.05) is 87.5 Å². The van der Waals surface area contributed by atoms with Crippen LogP contribution in [0.2, 0.25) is 10.0 Å². The van der Waals surface area contributed by atoms with Gasteiger partial charge in [-0.1, -0.05) is 71.7 Å². The molecule has 0 aromatic heterocycles. The fraction of sp³-hybridized carbons (Fsp3) is 0.176. The second-order valence-corrected chi connectivity index (χ2v) is 10.3. The van der Waals surface area contributed by atoms with E-state index in [0.717, 1.165) is 22.3 Å². The molecule has 0 unspecified atom stereocenters. The van der Waals surface area contributed by atoms with Crippen LogP contribution in [-0.4, -0.2) is 12.5 Å². The number of hydrogen-bond acceptors (Lipinski definition) is 5. The number of aryl methyl sites for hydroxylation is 1. The Morgan fingerprint density at radius 3 is 2.26 bits per heavy atom. The van der Waals surface area contributed by atoms with Crippen LogP contribution in [0.1, 0.15) is 34.7 Å². The molecule has 1 N–H and O–H groups in total. The standard InChI is InChI=1S/C34H30Cl2N2O4/c1-4-40-32-18-25(13-14-31(32)41-20-24-10-6-5-7-11-24)21-42-33-28(35)16-26(17-29(33)36)15-27(19-37)34(39)38-30-12-8-9-22(2)23(30)3/h5-18H,4,20-21H2,1-3H3,(H,38,39)/b27-15-. The molecule has 214 valence electrons. The maximum atomic E-state index is 12.8. The number of hydrogen-bond donors (Lipinski definition) is 1. The summed E-state index contributed by atoms with van der Waals surface area (Å²) >= 11 is 13.0. The second-order valence-electron chi connectivity index (χ2n) is 9.46. The van der Waals surface area contributed by atoms with E-state index < -0.39 is 5.91 Å².